The normalized spacial score (nSPS) is 35.2. The third-order valence-corrected chi connectivity index (χ3v) is 10.5. The molecule has 37 heavy (non-hydrogen) atoms. The van der Waals surface area contributed by atoms with Crippen molar-refractivity contribution in [2.24, 2.45) is 17.3 Å². The van der Waals surface area contributed by atoms with Gasteiger partial charge in [0.1, 0.15) is 23.7 Å². The van der Waals surface area contributed by atoms with Crippen molar-refractivity contribution in [3.63, 3.8) is 0 Å². The summed E-state index contributed by atoms with van der Waals surface area (Å²) in [5, 5.41) is 21.8. The molecule has 2 saturated carbocycles. The highest BCUT2D eigenvalue weighted by molar-refractivity contribution is 5.44. The monoisotopic (exact) mass is 499 g/mol. The van der Waals surface area contributed by atoms with Crippen LogP contribution in [-0.4, -0.2) is 47.0 Å². The van der Waals surface area contributed by atoms with Crippen LogP contribution in [0.3, 0.4) is 0 Å². The van der Waals surface area contributed by atoms with Gasteiger partial charge in [0, 0.05) is 12.0 Å². The standard InChI is InChI=1S/C33H41NO3/c1-3-33(36)16-15-30-28-13-9-24-21-25(35)10-14-27(24)31(28)29(22-32(30,33)2)23-7-11-26(12-8-23)37-20-19-34-17-5-4-6-18-34/h1,7-8,10-12,14,21,28-31,35-36H,4-6,9,13,15-20,22H2,2H3/t28-,29+,30-,31+,32-,33-/m0/s1. The van der Waals surface area contributed by atoms with Gasteiger partial charge in [-0.1, -0.05) is 37.5 Å². The first-order valence-electron chi connectivity index (χ1n) is 14.4. The van der Waals surface area contributed by atoms with Gasteiger partial charge in [-0.25, -0.2) is 0 Å². The number of phenols is 1. The summed E-state index contributed by atoms with van der Waals surface area (Å²) >= 11 is 0. The van der Waals surface area contributed by atoms with Crippen LogP contribution in [0.2, 0.25) is 0 Å². The Morgan fingerprint density at radius 2 is 1.86 bits per heavy atom. The van der Waals surface area contributed by atoms with Crippen molar-refractivity contribution >= 4 is 0 Å². The van der Waals surface area contributed by atoms with Gasteiger partial charge in [-0.15, -0.1) is 6.42 Å². The maximum atomic E-state index is 11.6. The first-order chi connectivity index (χ1) is 17.9. The summed E-state index contributed by atoms with van der Waals surface area (Å²) in [4.78, 5) is 2.50. The largest absolute Gasteiger partial charge is 0.508 e. The number of fused-ring (bicyclic) bond motifs is 5. The van der Waals surface area contributed by atoms with Gasteiger partial charge in [0.2, 0.25) is 0 Å². The fourth-order valence-corrected chi connectivity index (χ4v) is 8.55. The fourth-order valence-electron chi connectivity index (χ4n) is 8.55. The molecule has 2 aromatic rings. The number of aryl methyl sites for hydroxylation is 1. The van der Waals surface area contributed by atoms with E-state index in [1.54, 1.807) is 0 Å². The van der Waals surface area contributed by atoms with Crippen LogP contribution in [0.5, 0.6) is 11.5 Å². The number of rotatable bonds is 5. The Morgan fingerprint density at radius 3 is 2.62 bits per heavy atom. The summed E-state index contributed by atoms with van der Waals surface area (Å²) in [6.07, 6.45) is 14.5. The average Bonchev–Trinajstić information content (AvgIpc) is 3.19. The summed E-state index contributed by atoms with van der Waals surface area (Å²) in [5.41, 5.74) is 2.60. The first kappa shape index (κ1) is 24.8. The van der Waals surface area contributed by atoms with Crippen LogP contribution in [0.15, 0.2) is 42.5 Å². The Labute approximate surface area is 222 Å². The fraction of sp³-hybridized carbons (Fsp3) is 0.576. The molecular formula is C33H41NO3. The molecule has 1 aliphatic heterocycles. The number of likely N-dealkylation sites (tertiary alicyclic amines) is 1. The minimum Gasteiger partial charge on any atom is -0.508 e. The highest BCUT2D eigenvalue weighted by Crippen LogP contribution is 2.67. The number of aromatic hydroxyl groups is 1. The highest BCUT2D eigenvalue weighted by Gasteiger charge is 2.63. The van der Waals surface area contributed by atoms with E-state index in [1.807, 2.05) is 12.1 Å². The number of piperidine rings is 1. The molecule has 0 radical (unpaired) electrons. The average molecular weight is 500 g/mol. The molecule has 0 bridgehead atoms. The smallest absolute Gasteiger partial charge is 0.130 e. The predicted molar refractivity (Wildman–Crippen MR) is 147 cm³/mol. The van der Waals surface area contributed by atoms with Gasteiger partial charge in [0.25, 0.3) is 0 Å². The molecule has 1 saturated heterocycles. The molecule has 3 aliphatic carbocycles. The van der Waals surface area contributed by atoms with Crippen LogP contribution >= 0.6 is 0 Å². The Kier molecular flexibility index (Phi) is 6.50. The number of aliphatic hydroxyl groups is 1. The van der Waals surface area contributed by atoms with E-state index in [1.165, 1.54) is 49.0 Å². The zero-order valence-corrected chi connectivity index (χ0v) is 22.2. The van der Waals surface area contributed by atoms with Gasteiger partial charge in [-0.2, -0.15) is 0 Å². The molecule has 6 rings (SSSR count). The Hall–Kier alpha value is -2.48. The molecule has 4 heteroatoms. The highest BCUT2D eigenvalue weighted by atomic mass is 16.5. The van der Waals surface area contributed by atoms with Crippen molar-refractivity contribution in [3.8, 4) is 23.8 Å². The number of hydrogen-bond donors (Lipinski definition) is 2. The van der Waals surface area contributed by atoms with E-state index in [9.17, 15) is 10.2 Å². The van der Waals surface area contributed by atoms with Crippen LogP contribution in [0.25, 0.3) is 0 Å². The minimum atomic E-state index is -1.05. The number of nitrogens with zero attached hydrogens (tertiary/aromatic N) is 1. The minimum absolute atomic E-state index is 0.259. The second-order valence-electron chi connectivity index (χ2n) is 12.3. The number of phenolic OH excluding ortho intramolecular Hbond substituents is 1. The van der Waals surface area contributed by atoms with Gasteiger partial charge in [0.05, 0.1) is 0 Å². The van der Waals surface area contributed by atoms with E-state index in [-0.39, 0.29) is 11.3 Å². The maximum absolute atomic E-state index is 11.6. The lowest BCUT2D eigenvalue weighted by atomic mass is 9.49. The molecule has 2 aromatic carbocycles. The number of hydrogen-bond acceptors (Lipinski definition) is 4. The lowest BCUT2D eigenvalue weighted by Gasteiger charge is -2.55. The molecule has 4 nitrogen and oxygen atoms in total. The zero-order valence-electron chi connectivity index (χ0n) is 22.2. The van der Waals surface area contributed by atoms with E-state index in [0.29, 0.717) is 29.9 Å². The molecule has 6 atom stereocenters. The number of ether oxygens (including phenoxy) is 1. The van der Waals surface area contributed by atoms with E-state index in [4.69, 9.17) is 11.2 Å². The van der Waals surface area contributed by atoms with Crippen LogP contribution in [0.4, 0.5) is 0 Å². The summed E-state index contributed by atoms with van der Waals surface area (Å²) < 4.78 is 6.13. The predicted octanol–water partition coefficient (Wildman–Crippen LogP) is 5.87. The SMILES string of the molecule is C#C[C@]1(O)CC[C@H]2[C@@H]3CCc4cc(O)ccc4[C@H]3[C@@H](c3ccc(OCCN4CCCCC4)cc3)C[C@@]21C. The number of benzene rings is 2. The lowest BCUT2D eigenvalue weighted by Crippen LogP contribution is -2.52. The second kappa shape index (κ2) is 9.68. The molecular weight excluding hydrogens is 458 g/mol. The van der Waals surface area contributed by atoms with Crippen LogP contribution in [0, 0.1) is 29.6 Å². The van der Waals surface area contributed by atoms with Gasteiger partial charge in [-0.3, -0.25) is 4.90 Å². The van der Waals surface area contributed by atoms with Gasteiger partial charge < -0.3 is 14.9 Å². The van der Waals surface area contributed by atoms with E-state index in [0.717, 1.165) is 44.6 Å². The summed E-state index contributed by atoms with van der Waals surface area (Å²) in [5.74, 6) is 5.62. The summed E-state index contributed by atoms with van der Waals surface area (Å²) in [6, 6.07) is 14.7. The van der Waals surface area contributed by atoms with E-state index < -0.39 is 5.60 Å². The Bertz CT molecular complexity index is 1160. The molecule has 0 spiro atoms. The van der Waals surface area contributed by atoms with Gasteiger partial charge in [-0.05, 0) is 123 Å². The second-order valence-corrected chi connectivity index (χ2v) is 12.3. The van der Waals surface area contributed by atoms with E-state index >= 15 is 0 Å². The quantitative estimate of drug-likeness (QED) is 0.505. The van der Waals surface area contributed by atoms with E-state index in [2.05, 4.69) is 48.1 Å². The first-order valence-corrected chi connectivity index (χ1v) is 14.4. The number of terminal acetylenes is 1. The topological polar surface area (TPSA) is 52.9 Å². The molecule has 196 valence electrons. The third kappa shape index (κ3) is 4.25. The van der Waals surface area contributed by atoms with Crippen LogP contribution in [0.1, 0.15) is 80.4 Å². The maximum Gasteiger partial charge on any atom is 0.130 e. The van der Waals surface area contributed by atoms with Crippen molar-refractivity contribution in [1.82, 2.24) is 4.90 Å². The molecule has 2 N–H and O–H groups in total. The molecule has 3 fully saturated rings. The molecule has 4 aliphatic rings. The van der Waals surface area contributed by atoms with Crippen LogP contribution < -0.4 is 4.74 Å². The lowest BCUT2D eigenvalue weighted by molar-refractivity contribution is -0.0720. The van der Waals surface area contributed by atoms with Crippen molar-refractivity contribution in [3.05, 3.63) is 59.2 Å². The summed E-state index contributed by atoms with van der Waals surface area (Å²) in [6.45, 7) is 6.34. The van der Waals surface area contributed by atoms with Gasteiger partial charge in [0.15, 0.2) is 0 Å². The Balaban J connectivity index is 1.28. The van der Waals surface area contributed by atoms with Crippen molar-refractivity contribution in [2.75, 3.05) is 26.2 Å². The third-order valence-electron chi connectivity index (χ3n) is 10.5. The molecule has 0 unspecified atom stereocenters. The van der Waals surface area contributed by atoms with Crippen molar-refractivity contribution < 1.29 is 14.9 Å². The van der Waals surface area contributed by atoms with Crippen molar-refractivity contribution in [1.29, 1.82) is 0 Å². The Morgan fingerprint density at radius 1 is 1.08 bits per heavy atom. The summed E-state index contributed by atoms with van der Waals surface area (Å²) in [7, 11) is 0. The zero-order chi connectivity index (χ0) is 25.6. The van der Waals surface area contributed by atoms with Crippen LogP contribution in [-0.2, 0) is 6.42 Å². The van der Waals surface area contributed by atoms with Gasteiger partial charge >= 0.3 is 0 Å². The molecule has 0 amide bonds. The molecule has 1 heterocycles. The molecule has 0 aromatic heterocycles. The van der Waals surface area contributed by atoms with Crippen molar-refractivity contribution in [2.45, 2.75) is 75.7 Å².